The number of nitrogens with one attached hydrogen (secondary N) is 1. The largest absolute Gasteiger partial charge is 0.422 e. The number of nitrogens with zero attached hydrogens (tertiary/aromatic N) is 1. The Morgan fingerprint density at radius 2 is 2.00 bits per heavy atom. The van der Waals surface area contributed by atoms with Crippen LogP contribution in [0.3, 0.4) is 0 Å². The summed E-state index contributed by atoms with van der Waals surface area (Å²) in [5.74, 6) is -0.703. The van der Waals surface area contributed by atoms with Gasteiger partial charge < -0.3 is 14.8 Å². The van der Waals surface area contributed by atoms with Gasteiger partial charge in [-0.25, -0.2) is 4.79 Å². The molecule has 6 heteroatoms. The van der Waals surface area contributed by atoms with E-state index in [9.17, 15) is 14.7 Å². The Balaban J connectivity index is 1.69. The van der Waals surface area contributed by atoms with Gasteiger partial charge in [0.2, 0.25) is 0 Å². The van der Waals surface area contributed by atoms with E-state index in [0.717, 1.165) is 5.69 Å². The van der Waals surface area contributed by atoms with Gasteiger partial charge in [-0.2, -0.15) is 0 Å². The normalized spacial score (nSPS) is 12.0. The fraction of sp³-hybridized carbons (Fsp3) is 0.211. The van der Waals surface area contributed by atoms with E-state index in [4.69, 9.17) is 4.42 Å². The number of aliphatic hydroxyl groups excluding tert-OH is 1. The van der Waals surface area contributed by atoms with Gasteiger partial charge in [-0.3, -0.25) is 9.78 Å². The molecule has 1 atom stereocenters. The summed E-state index contributed by atoms with van der Waals surface area (Å²) in [6, 6.07) is 14.1. The van der Waals surface area contributed by atoms with Gasteiger partial charge >= 0.3 is 5.63 Å². The molecule has 0 spiro atoms. The van der Waals surface area contributed by atoms with E-state index >= 15 is 0 Å². The predicted octanol–water partition coefficient (Wildman–Crippen LogP) is 1.77. The minimum absolute atomic E-state index is 0.0479. The number of hydrogen-bond acceptors (Lipinski definition) is 5. The quantitative estimate of drug-likeness (QED) is 0.668. The highest BCUT2D eigenvalue weighted by atomic mass is 16.4. The van der Waals surface area contributed by atoms with Gasteiger partial charge in [-0.05, 0) is 30.7 Å². The molecule has 3 rings (SSSR count). The minimum Gasteiger partial charge on any atom is -0.422 e. The Morgan fingerprint density at radius 3 is 2.76 bits per heavy atom. The first kappa shape index (κ1) is 16.9. The predicted molar refractivity (Wildman–Crippen MR) is 93.3 cm³/mol. The average Bonchev–Trinajstić information content (AvgIpc) is 2.65. The molecule has 2 N–H and O–H groups in total. The molecule has 0 aliphatic carbocycles. The van der Waals surface area contributed by atoms with Crippen LogP contribution < -0.4 is 10.9 Å². The van der Waals surface area contributed by atoms with Gasteiger partial charge in [0, 0.05) is 36.3 Å². The molecule has 2 heterocycles. The summed E-state index contributed by atoms with van der Waals surface area (Å²) >= 11 is 0. The zero-order valence-corrected chi connectivity index (χ0v) is 13.5. The van der Waals surface area contributed by atoms with Crippen LogP contribution in [0.1, 0.15) is 16.1 Å². The number of hydrogen-bond donors (Lipinski definition) is 2. The zero-order chi connectivity index (χ0) is 17.6. The summed E-state index contributed by atoms with van der Waals surface area (Å²) in [5, 5.41) is 12.9. The third-order valence-corrected chi connectivity index (χ3v) is 3.92. The van der Waals surface area contributed by atoms with Gasteiger partial charge in [0.1, 0.15) is 11.1 Å². The number of fused-ring (bicyclic) bond motifs is 1. The van der Waals surface area contributed by atoms with E-state index in [-0.39, 0.29) is 24.6 Å². The molecular formula is C19H18N2O4. The number of carbonyl (C=O) groups excluding carboxylic acids is 1. The van der Waals surface area contributed by atoms with Gasteiger partial charge in [0.25, 0.3) is 5.91 Å². The van der Waals surface area contributed by atoms with E-state index in [0.29, 0.717) is 17.4 Å². The second-order valence-corrected chi connectivity index (χ2v) is 5.77. The molecule has 0 aliphatic rings. The average molecular weight is 338 g/mol. The van der Waals surface area contributed by atoms with Gasteiger partial charge in [-0.15, -0.1) is 0 Å². The summed E-state index contributed by atoms with van der Waals surface area (Å²) in [6.45, 7) is 0.140. The zero-order valence-electron chi connectivity index (χ0n) is 13.5. The van der Waals surface area contributed by atoms with Crippen LogP contribution in [-0.4, -0.2) is 29.1 Å². The number of amides is 1. The first-order valence-electron chi connectivity index (χ1n) is 7.99. The van der Waals surface area contributed by atoms with E-state index in [2.05, 4.69) is 10.3 Å². The van der Waals surface area contributed by atoms with Crippen molar-refractivity contribution >= 4 is 16.9 Å². The highest BCUT2D eigenvalue weighted by Gasteiger charge is 2.16. The fourth-order valence-corrected chi connectivity index (χ4v) is 2.57. The highest BCUT2D eigenvalue weighted by Crippen LogP contribution is 2.12. The molecule has 0 saturated carbocycles. The second-order valence-electron chi connectivity index (χ2n) is 5.77. The molecule has 6 nitrogen and oxygen atoms in total. The molecule has 1 aromatic carbocycles. The lowest BCUT2D eigenvalue weighted by Crippen LogP contribution is -2.34. The van der Waals surface area contributed by atoms with Crippen LogP contribution in [0.5, 0.6) is 0 Å². The van der Waals surface area contributed by atoms with Crippen molar-refractivity contribution in [3.05, 3.63) is 76.4 Å². The second kappa shape index (κ2) is 7.72. The Bertz CT molecular complexity index is 921. The van der Waals surface area contributed by atoms with Crippen LogP contribution in [0.4, 0.5) is 0 Å². The van der Waals surface area contributed by atoms with Crippen LogP contribution in [0.25, 0.3) is 11.0 Å². The summed E-state index contributed by atoms with van der Waals surface area (Å²) in [4.78, 5) is 28.5. The SMILES string of the molecule is O=C(NCC(CO)Cc1ccccn1)c1cc2ccccc2oc1=O. The summed E-state index contributed by atoms with van der Waals surface area (Å²) in [7, 11) is 0. The van der Waals surface area contributed by atoms with Crippen molar-refractivity contribution in [2.24, 2.45) is 5.92 Å². The summed E-state index contributed by atoms with van der Waals surface area (Å²) < 4.78 is 5.17. The first-order chi connectivity index (χ1) is 12.2. The van der Waals surface area contributed by atoms with Crippen molar-refractivity contribution in [1.29, 1.82) is 0 Å². The molecule has 0 fully saturated rings. The molecule has 0 radical (unpaired) electrons. The molecular weight excluding hydrogens is 320 g/mol. The molecule has 0 saturated heterocycles. The van der Waals surface area contributed by atoms with Crippen molar-refractivity contribution in [2.45, 2.75) is 6.42 Å². The molecule has 25 heavy (non-hydrogen) atoms. The maximum atomic E-state index is 12.3. The van der Waals surface area contributed by atoms with Crippen molar-refractivity contribution in [2.75, 3.05) is 13.2 Å². The Labute approximate surface area is 144 Å². The Kier molecular flexibility index (Phi) is 5.20. The van der Waals surface area contributed by atoms with Crippen molar-refractivity contribution < 1.29 is 14.3 Å². The highest BCUT2D eigenvalue weighted by molar-refractivity contribution is 5.96. The van der Waals surface area contributed by atoms with Gasteiger partial charge in [0.05, 0.1) is 0 Å². The Morgan fingerprint density at radius 1 is 1.20 bits per heavy atom. The number of carbonyl (C=O) groups is 1. The van der Waals surface area contributed by atoms with Crippen LogP contribution in [0.2, 0.25) is 0 Å². The molecule has 2 aromatic heterocycles. The van der Waals surface area contributed by atoms with Gasteiger partial charge in [-0.1, -0.05) is 24.3 Å². The van der Waals surface area contributed by atoms with Crippen LogP contribution in [-0.2, 0) is 6.42 Å². The third kappa shape index (κ3) is 4.10. The monoisotopic (exact) mass is 338 g/mol. The molecule has 0 aliphatic heterocycles. The lowest BCUT2D eigenvalue weighted by atomic mass is 10.0. The van der Waals surface area contributed by atoms with E-state index in [1.165, 1.54) is 6.07 Å². The lowest BCUT2D eigenvalue weighted by Gasteiger charge is -2.14. The lowest BCUT2D eigenvalue weighted by molar-refractivity contribution is 0.0936. The minimum atomic E-state index is -0.679. The molecule has 1 unspecified atom stereocenters. The number of rotatable bonds is 6. The number of aromatic nitrogens is 1. The van der Waals surface area contributed by atoms with Crippen LogP contribution in [0, 0.1) is 5.92 Å². The first-order valence-corrected chi connectivity index (χ1v) is 7.99. The number of pyridine rings is 1. The maximum Gasteiger partial charge on any atom is 0.349 e. The van der Waals surface area contributed by atoms with Crippen molar-refractivity contribution in [3.63, 3.8) is 0 Å². The van der Waals surface area contributed by atoms with Crippen molar-refractivity contribution in [3.8, 4) is 0 Å². The molecule has 1 amide bonds. The van der Waals surface area contributed by atoms with Crippen LogP contribution >= 0.6 is 0 Å². The fourth-order valence-electron chi connectivity index (χ4n) is 2.57. The number of benzene rings is 1. The Hall–Kier alpha value is -2.99. The topological polar surface area (TPSA) is 92.4 Å². The van der Waals surface area contributed by atoms with E-state index in [1.807, 2.05) is 18.2 Å². The van der Waals surface area contributed by atoms with Crippen molar-refractivity contribution in [1.82, 2.24) is 10.3 Å². The smallest absolute Gasteiger partial charge is 0.349 e. The number of aliphatic hydroxyl groups is 1. The number of para-hydroxylation sites is 1. The summed E-state index contributed by atoms with van der Waals surface area (Å²) in [5.41, 5.74) is 0.545. The molecule has 3 aromatic rings. The molecule has 0 bridgehead atoms. The maximum absolute atomic E-state index is 12.3. The standard InChI is InChI=1S/C19H18N2O4/c22-12-13(9-15-6-3-4-8-20-15)11-21-18(23)16-10-14-5-1-2-7-17(14)25-19(16)24/h1-8,10,13,22H,9,11-12H2,(H,21,23). The van der Waals surface area contributed by atoms with E-state index in [1.54, 1.807) is 30.5 Å². The molecule has 128 valence electrons. The van der Waals surface area contributed by atoms with Crippen LogP contribution in [0.15, 0.2) is 63.9 Å². The van der Waals surface area contributed by atoms with E-state index < -0.39 is 11.5 Å². The summed E-state index contributed by atoms with van der Waals surface area (Å²) in [6.07, 6.45) is 2.21. The van der Waals surface area contributed by atoms with Gasteiger partial charge in [0.15, 0.2) is 0 Å². The third-order valence-electron chi connectivity index (χ3n) is 3.92.